The molecule has 0 atom stereocenters. The lowest BCUT2D eigenvalue weighted by atomic mass is 10.1. The Morgan fingerprint density at radius 1 is 1.11 bits per heavy atom. The van der Waals surface area contributed by atoms with Crippen molar-refractivity contribution in [3.63, 3.8) is 0 Å². The molecule has 102 valence electrons. The summed E-state index contributed by atoms with van der Waals surface area (Å²) in [6, 6.07) is 0. The number of carbonyl (C=O) groups is 2. The first kappa shape index (κ1) is 13.3. The number of nitrogens with two attached hydrogens (primary N) is 1. The fourth-order valence-corrected chi connectivity index (χ4v) is 2.59. The topological polar surface area (TPSA) is 66.6 Å². The zero-order chi connectivity index (χ0) is 13.2. The lowest BCUT2D eigenvalue weighted by Gasteiger charge is -2.25. The molecule has 2 N–H and O–H groups in total. The van der Waals surface area contributed by atoms with E-state index < -0.39 is 0 Å². The van der Waals surface area contributed by atoms with Gasteiger partial charge in [-0.2, -0.15) is 0 Å². The van der Waals surface area contributed by atoms with Gasteiger partial charge in [0.1, 0.15) is 0 Å². The third kappa shape index (κ3) is 2.51. The molecule has 2 aliphatic rings. The van der Waals surface area contributed by atoms with E-state index in [2.05, 4.69) is 0 Å². The molecule has 5 nitrogen and oxygen atoms in total. The summed E-state index contributed by atoms with van der Waals surface area (Å²) in [5.41, 5.74) is 5.44. The van der Waals surface area contributed by atoms with E-state index in [1.165, 1.54) is 0 Å². The standard InChI is InChI=1S/C13H23N3O2/c1-2-11(17)15-6-3-7-16(9-8-15)12(18)13(10-14)4-5-13/h2-10,14H2,1H3. The molecule has 18 heavy (non-hydrogen) atoms. The van der Waals surface area contributed by atoms with Crippen molar-refractivity contribution in [2.45, 2.75) is 32.6 Å². The van der Waals surface area contributed by atoms with E-state index in [0.717, 1.165) is 32.4 Å². The maximum atomic E-state index is 12.4. The van der Waals surface area contributed by atoms with Crippen molar-refractivity contribution in [3.05, 3.63) is 0 Å². The molecule has 0 unspecified atom stereocenters. The first-order chi connectivity index (χ1) is 8.63. The second kappa shape index (κ2) is 5.26. The van der Waals surface area contributed by atoms with Crippen LogP contribution in [0.4, 0.5) is 0 Å². The maximum absolute atomic E-state index is 12.4. The predicted molar refractivity (Wildman–Crippen MR) is 68.8 cm³/mol. The lowest BCUT2D eigenvalue weighted by molar-refractivity contribution is -0.137. The van der Waals surface area contributed by atoms with E-state index >= 15 is 0 Å². The Morgan fingerprint density at radius 3 is 2.28 bits per heavy atom. The highest BCUT2D eigenvalue weighted by molar-refractivity contribution is 5.85. The fraction of sp³-hybridized carbons (Fsp3) is 0.846. The molecule has 0 aromatic carbocycles. The monoisotopic (exact) mass is 253 g/mol. The van der Waals surface area contributed by atoms with Gasteiger partial charge in [0, 0.05) is 39.1 Å². The average molecular weight is 253 g/mol. The van der Waals surface area contributed by atoms with Crippen LogP contribution in [0.3, 0.4) is 0 Å². The first-order valence-electron chi connectivity index (χ1n) is 6.90. The van der Waals surface area contributed by atoms with Crippen LogP contribution in [0.1, 0.15) is 32.6 Å². The Hall–Kier alpha value is -1.10. The zero-order valence-corrected chi connectivity index (χ0v) is 11.2. The van der Waals surface area contributed by atoms with Gasteiger partial charge in [0.05, 0.1) is 5.41 Å². The highest BCUT2D eigenvalue weighted by Gasteiger charge is 2.50. The van der Waals surface area contributed by atoms with Crippen molar-refractivity contribution >= 4 is 11.8 Å². The van der Waals surface area contributed by atoms with Crippen molar-refractivity contribution in [2.75, 3.05) is 32.7 Å². The first-order valence-corrected chi connectivity index (χ1v) is 6.90. The summed E-state index contributed by atoms with van der Waals surface area (Å²) in [6.45, 7) is 5.19. The Labute approximate surface area is 108 Å². The normalized spacial score (nSPS) is 22.6. The molecule has 1 heterocycles. The largest absolute Gasteiger partial charge is 0.341 e. The molecule has 1 aliphatic heterocycles. The van der Waals surface area contributed by atoms with Crippen LogP contribution in [0.5, 0.6) is 0 Å². The summed E-state index contributed by atoms with van der Waals surface area (Å²) < 4.78 is 0. The van der Waals surface area contributed by atoms with Crippen LogP contribution in [0, 0.1) is 5.41 Å². The fourth-order valence-electron chi connectivity index (χ4n) is 2.59. The van der Waals surface area contributed by atoms with E-state index in [9.17, 15) is 9.59 Å². The number of carbonyl (C=O) groups excluding carboxylic acids is 2. The molecule has 5 heteroatoms. The second-order valence-corrected chi connectivity index (χ2v) is 5.36. The predicted octanol–water partition coefficient (Wildman–Crippen LogP) is 0.196. The van der Waals surface area contributed by atoms with Crippen molar-refractivity contribution in [3.8, 4) is 0 Å². The van der Waals surface area contributed by atoms with E-state index in [0.29, 0.717) is 26.1 Å². The number of amides is 2. The maximum Gasteiger partial charge on any atom is 0.230 e. The summed E-state index contributed by atoms with van der Waals surface area (Å²) >= 11 is 0. The van der Waals surface area contributed by atoms with Crippen molar-refractivity contribution < 1.29 is 9.59 Å². The van der Waals surface area contributed by atoms with E-state index in [4.69, 9.17) is 5.73 Å². The van der Waals surface area contributed by atoms with Gasteiger partial charge in [0.2, 0.25) is 11.8 Å². The van der Waals surface area contributed by atoms with Gasteiger partial charge in [0.25, 0.3) is 0 Å². The third-order valence-electron chi connectivity index (χ3n) is 4.14. The van der Waals surface area contributed by atoms with Gasteiger partial charge in [-0.25, -0.2) is 0 Å². The molecule has 0 radical (unpaired) electrons. The van der Waals surface area contributed by atoms with Crippen LogP contribution >= 0.6 is 0 Å². The summed E-state index contributed by atoms with van der Waals surface area (Å²) in [7, 11) is 0. The van der Waals surface area contributed by atoms with Crippen molar-refractivity contribution in [2.24, 2.45) is 11.1 Å². The smallest absolute Gasteiger partial charge is 0.230 e. The summed E-state index contributed by atoms with van der Waals surface area (Å²) in [5, 5.41) is 0. The summed E-state index contributed by atoms with van der Waals surface area (Å²) in [4.78, 5) is 27.8. The molecule has 0 bridgehead atoms. The molecule has 0 aromatic heterocycles. The minimum Gasteiger partial charge on any atom is -0.341 e. The number of rotatable bonds is 3. The third-order valence-corrected chi connectivity index (χ3v) is 4.14. The van der Waals surface area contributed by atoms with Crippen LogP contribution in [-0.2, 0) is 9.59 Å². The molecule has 1 saturated carbocycles. The van der Waals surface area contributed by atoms with Gasteiger partial charge in [-0.05, 0) is 19.3 Å². The van der Waals surface area contributed by atoms with E-state index in [1.54, 1.807) is 0 Å². The van der Waals surface area contributed by atoms with Gasteiger partial charge >= 0.3 is 0 Å². The molecule has 2 rings (SSSR count). The number of hydrogen-bond acceptors (Lipinski definition) is 3. The van der Waals surface area contributed by atoms with Crippen molar-refractivity contribution in [1.29, 1.82) is 0 Å². The van der Waals surface area contributed by atoms with Gasteiger partial charge in [-0.15, -0.1) is 0 Å². The zero-order valence-electron chi connectivity index (χ0n) is 11.2. The van der Waals surface area contributed by atoms with Crippen LogP contribution in [0.15, 0.2) is 0 Å². The summed E-state index contributed by atoms with van der Waals surface area (Å²) in [5.74, 6) is 0.389. The molecular weight excluding hydrogens is 230 g/mol. The van der Waals surface area contributed by atoms with Crippen LogP contribution in [-0.4, -0.2) is 54.3 Å². The Balaban J connectivity index is 1.93. The second-order valence-electron chi connectivity index (χ2n) is 5.36. The number of hydrogen-bond donors (Lipinski definition) is 1. The van der Waals surface area contributed by atoms with Gasteiger partial charge in [-0.1, -0.05) is 6.92 Å². The van der Waals surface area contributed by atoms with Crippen LogP contribution in [0.25, 0.3) is 0 Å². The minimum absolute atomic E-state index is 0.184. The Kier molecular flexibility index (Phi) is 3.90. The summed E-state index contributed by atoms with van der Waals surface area (Å²) in [6.07, 6.45) is 3.27. The molecule has 0 aromatic rings. The molecule has 1 aliphatic carbocycles. The van der Waals surface area contributed by atoms with Gasteiger partial charge < -0.3 is 15.5 Å². The molecule has 0 spiro atoms. The van der Waals surface area contributed by atoms with E-state index in [-0.39, 0.29) is 17.2 Å². The van der Waals surface area contributed by atoms with Gasteiger partial charge in [0.15, 0.2) is 0 Å². The van der Waals surface area contributed by atoms with Gasteiger partial charge in [-0.3, -0.25) is 9.59 Å². The van der Waals surface area contributed by atoms with Crippen LogP contribution in [0.2, 0.25) is 0 Å². The Bertz CT molecular complexity index is 339. The quantitative estimate of drug-likeness (QED) is 0.781. The van der Waals surface area contributed by atoms with Crippen LogP contribution < -0.4 is 5.73 Å². The highest BCUT2D eigenvalue weighted by Crippen LogP contribution is 2.46. The lowest BCUT2D eigenvalue weighted by Crippen LogP contribution is -2.42. The molecule has 2 fully saturated rings. The Morgan fingerprint density at radius 2 is 1.72 bits per heavy atom. The molecular formula is C13H23N3O2. The van der Waals surface area contributed by atoms with E-state index in [1.807, 2.05) is 16.7 Å². The highest BCUT2D eigenvalue weighted by atomic mass is 16.2. The minimum atomic E-state index is -0.260. The van der Waals surface area contributed by atoms with Crippen molar-refractivity contribution in [1.82, 2.24) is 9.80 Å². The molecule has 1 saturated heterocycles. The number of nitrogens with zero attached hydrogens (tertiary/aromatic N) is 2. The average Bonchev–Trinajstić information content (AvgIpc) is 3.20. The SMILES string of the molecule is CCC(=O)N1CCCN(C(=O)C2(CN)CC2)CC1. The molecule has 2 amide bonds.